The minimum Gasteiger partial charge on any atom is -0.493 e. The van der Waals surface area contributed by atoms with Gasteiger partial charge in [0.25, 0.3) is 5.88 Å². The molecule has 0 aliphatic heterocycles. The number of rotatable bonds is 11. The standard InChI is InChI=1S/C22H27N5O6S/c1-22(2,14-28)10-13-34(29,30)27-18-17(33-16-9-6-5-8-15(16)31-3)21(32-4)26-20(25-18)19-23-11-7-12-24-19/h5-9,11-12,28H,10,13-14H2,1-4H3,(H,25,26,27). The Hall–Kier alpha value is -3.51. The number of hydrogen-bond acceptors (Lipinski definition) is 10. The average Bonchev–Trinajstić information content (AvgIpc) is 2.84. The van der Waals surface area contributed by atoms with E-state index in [-0.39, 0.29) is 47.9 Å². The van der Waals surface area contributed by atoms with E-state index in [1.807, 2.05) is 0 Å². The van der Waals surface area contributed by atoms with Gasteiger partial charge in [-0.25, -0.2) is 23.4 Å². The molecule has 0 fully saturated rings. The highest BCUT2D eigenvalue weighted by atomic mass is 32.2. The van der Waals surface area contributed by atoms with E-state index in [0.717, 1.165) is 0 Å². The van der Waals surface area contributed by atoms with Crippen molar-refractivity contribution in [3.63, 3.8) is 0 Å². The first-order valence-corrected chi connectivity index (χ1v) is 12.0. The second-order valence-corrected chi connectivity index (χ2v) is 9.89. The number of para-hydroxylation sites is 2. The lowest BCUT2D eigenvalue weighted by molar-refractivity contribution is 0.156. The van der Waals surface area contributed by atoms with Gasteiger partial charge in [0.2, 0.25) is 21.6 Å². The first-order valence-electron chi connectivity index (χ1n) is 10.3. The monoisotopic (exact) mass is 489 g/mol. The molecular weight excluding hydrogens is 462 g/mol. The van der Waals surface area contributed by atoms with Crippen molar-refractivity contribution in [2.24, 2.45) is 5.41 Å². The van der Waals surface area contributed by atoms with E-state index in [0.29, 0.717) is 11.5 Å². The minimum absolute atomic E-state index is 0.0308. The Morgan fingerprint density at radius 3 is 2.26 bits per heavy atom. The SMILES string of the molecule is COc1ccccc1Oc1c(NS(=O)(=O)CCC(C)(C)CO)nc(-c2ncccn2)nc1OC. The summed E-state index contributed by atoms with van der Waals surface area (Å²) in [7, 11) is -1.04. The lowest BCUT2D eigenvalue weighted by Gasteiger charge is -2.21. The van der Waals surface area contributed by atoms with Crippen LogP contribution in [0, 0.1) is 5.41 Å². The lowest BCUT2D eigenvalue weighted by atomic mass is 9.92. The van der Waals surface area contributed by atoms with Crippen molar-refractivity contribution in [1.82, 2.24) is 19.9 Å². The number of aliphatic hydroxyl groups is 1. The van der Waals surface area contributed by atoms with Crippen molar-refractivity contribution < 1.29 is 27.7 Å². The molecule has 0 bridgehead atoms. The van der Waals surface area contributed by atoms with Gasteiger partial charge in [-0.2, -0.15) is 4.98 Å². The highest BCUT2D eigenvalue weighted by Crippen LogP contribution is 2.40. The van der Waals surface area contributed by atoms with Gasteiger partial charge >= 0.3 is 0 Å². The topological polar surface area (TPSA) is 146 Å². The number of nitrogens with zero attached hydrogens (tertiary/aromatic N) is 4. The van der Waals surface area contributed by atoms with Crippen LogP contribution in [0.2, 0.25) is 0 Å². The summed E-state index contributed by atoms with van der Waals surface area (Å²) in [6.07, 6.45) is 3.24. The molecule has 0 saturated heterocycles. The van der Waals surface area contributed by atoms with E-state index >= 15 is 0 Å². The molecule has 2 heterocycles. The fourth-order valence-corrected chi connectivity index (χ4v) is 4.10. The van der Waals surface area contributed by atoms with Gasteiger partial charge in [0.05, 0.1) is 20.0 Å². The molecule has 0 saturated carbocycles. The molecule has 0 unspecified atom stereocenters. The third kappa shape index (κ3) is 6.29. The number of methoxy groups -OCH3 is 2. The zero-order valence-corrected chi connectivity index (χ0v) is 20.2. The van der Waals surface area contributed by atoms with Crippen LogP contribution < -0.4 is 18.9 Å². The van der Waals surface area contributed by atoms with E-state index in [4.69, 9.17) is 14.2 Å². The Labute approximate surface area is 198 Å². The van der Waals surface area contributed by atoms with Crippen LogP contribution in [0.3, 0.4) is 0 Å². The summed E-state index contributed by atoms with van der Waals surface area (Å²) in [6.45, 7) is 3.40. The molecule has 0 amide bonds. The molecule has 0 atom stereocenters. The highest BCUT2D eigenvalue weighted by molar-refractivity contribution is 7.92. The van der Waals surface area contributed by atoms with Crippen molar-refractivity contribution in [2.75, 3.05) is 31.3 Å². The van der Waals surface area contributed by atoms with Crippen LogP contribution in [0.15, 0.2) is 42.7 Å². The van der Waals surface area contributed by atoms with Crippen LogP contribution in [0.5, 0.6) is 23.1 Å². The van der Waals surface area contributed by atoms with E-state index in [1.54, 1.807) is 44.2 Å². The molecule has 3 aromatic rings. The van der Waals surface area contributed by atoms with E-state index in [9.17, 15) is 13.5 Å². The number of nitrogens with one attached hydrogen (secondary N) is 1. The van der Waals surface area contributed by atoms with Crippen LogP contribution in [0.25, 0.3) is 11.6 Å². The fourth-order valence-electron chi connectivity index (χ4n) is 2.75. The maximum absolute atomic E-state index is 12.9. The molecule has 182 valence electrons. The second kappa shape index (κ2) is 10.6. The third-order valence-electron chi connectivity index (χ3n) is 4.80. The summed E-state index contributed by atoms with van der Waals surface area (Å²) in [4.78, 5) is 16.9. The summed E-state index contributed by atoms with van der Waals surface area (Å²) in [5.74, 6) is 0.439. The van der Waals surface area contributed by atoms with Gasteiger partial charge in [0.15, 0.2) is 23.1 Å². The summed E-state index contributed by atoms with van der Waals surface area (Å²) < 4.78 is 45.0. The highest BCUT2D eigenvalue weighted by Gasteiger charge is 2.26. The Kier molecular flexibility index (Phi) is 7.84. The van der Waals surface area contributed by atoms with Crippen molar-refractivity contribution >= 4 is 15.8 Å². The van der Waals surface area contributed by atoms with Crippen LogP contribution in [-0.2, 0) is 10.0 Å². The minimum atomic E-state index is -3.89. The Morgan fingerprint density at radius 1 is 0.971 bits per heavy atom. The molecule has 2 aromatic heterocycles. The molecule has 3 rings (SSSR count). The second-order valence-electron chi connectivity index (χ2n) is 8.05. The van der Waals surface area contributed by atoms with Crippen LogP contribution in [0.1, 0.15) is 20.3 Å². The molecule has 12 heteroatoms. The van der Waals surface area contributed by atoms with Gasteiger partial charge < -0.3 is 19.3 Å². The molecule has 11 nitrogen and oxygen atoms in total. The van der Waals surface area contributed by atoms with Gasteiger partial charge in [0.1, 0.15) is 0 Å². The molecular formula is C22H27N5O6S. The number of ether oxygens (including phenoxy) is 3. The molecule has 0 aliphatic rings. The quantitative estimate of drug-likeness (QED) is 0.412. The Bertz CT molecular complexity index is 1220. The summed E-state index contributed by atoms with van der Waals surface area (Å²) in [5, 5.41) is 9.47. The fraction of sp³-hybridized carbons (Fsp3) is 0.364. The maximum atomic E-state index is 12.9. The molecule has 2 N–H and O–H groups in total. The molecule has 34 heavy (non-hydrogen) atoms. The van der Waals surface area contributed by atoms with E-state index in [1.165, 1.54) is 26.6 Å². The first kappa shape index (κ1) is 25.1. The zero-order valence-electron chi connectivity index (χ0n) is 19.3. The summed E-state index contributed by atoms with van der Waals surface area (Å²) in [6, 6.07) is 8.47. The van der Waals surface area contributed by atoms with Gasteiger partial charge in [-0.05, 0) is 30.0 Å². The molecule has 0 spiro atoms. The number of benzene rings is 1. The Balaban J connectivity index is 2.08. The van der Waals surface area contributed by atoms with E-state index in [2.05, 4.69) is 24.7 Å². The zero-order chi connectivity index (χ0) is 24.8. The van der Waals surface area contributed by atoms with Gasteiger partial charge in [0, 0.05) is 19.0 Å². The predicted molar refractivity (Wildman–Crippen MR) is 126 cm³/mol. The van der Waals surface area contributed by atoms with Gasteiger partial charge in [-0.15, -0.1) is 0 Å². The largest absolute Gasteiger partial charge is 0.493 e. The van der Waals surface area contributed by atoms with Crippen LogP contribution in [-0.4, -0.2) is 60.0 Å². The predicted octanol–water partition coefficient (Wildman–Crippen LogP) is 2.89. The van der Waals surface area contributed by atoms with Gasteiger partial charge in [-0.1, -0.05) is 26.0 Å². The number of aliphatic hydroxyl groups excluding tert-OH is 1. The normalized spacial score (nSPS) is 11.7. The smallest absolute Gasteiger partial charge is 0.263 e. The lowest BCUT2D eigenvalue weighted by Crippen LogP contribution is -2.25. The van der Waals surface area contributed by atoms with Crippen molar-refractivity contribution in [3.05, 3.63) is 42.7 Å². The average molecular weight is 490 g/mol. The first-order chi connectivity index (χ1) is 16.2. The van der Waals surface area contributed by atoms with Crippen molar-refractivity contribution in [3.8, 4) is 34.8 Å². The Morgan fingerprint density at radius 2 is 1.65 bits per heavy atom. The van der Waals surface area contributed by atoms with Crippen LogP contribution in [0.4, 0.5) is 5.82 Å². The molecule has 1 aromatic carbocycles. The maximum Gasteiger partial charge on any atom is 0.263 e. The molecule has 0 radical (unpaired) electrons. The van der Waals surface area contributed by atoms with E-state index < -0.39 is 15.4 Å². The number of aromatic nitrogens is 4. The number of hydrogen-bond donors (Lipinski definition) is 2. The van der Waals surface area contributed by atoms with Gasteiger partial charge in [-0.3, -0.25) is 4.72 Å². The van der Waals surface area contributed by atoms with Crippen molar-refractivity contribution in [1.29, 1.82) is 0 Å². The third-order valence-corrected chi connectivity index (χ3v) is 6.05. The number of sulfonamides is 1. The molecule has 0 aliphatic carbocycles. The number of anilines is 1. The summed E-state index contributed by atoms with van der Waals surface area (Å²) in [5.41, 5.74) is -0.572. The van der Waals surface area contributed by atoms with Crippen LogP contribution >= 0.6 is 0 Å². The van der Waals surface area contributed by atoms with Crippen molar-refractivity contribution in [2.45, 2.75) is 20.3 Å². The summed E-state index contributed by atoms with van der Waals surface area (Å²) >= 11 is 0.